The van der Waals surface area contributed by atoms with Crippen LogP contribution in [0.4, 0.5) is 5.69 Å². The molecule has 8 nitrogen and oxygen atoms in total. The summed E-state index contributed by atoms with van der Waals surface area (Å²) in [6.45, 7) is 0.757. The Bertz CT molecular complexity index is 933. The largest absolute Gasteiger partial charge is 0.375 e. The Morgan fingerprint density at radius 2 is 2.04 bits per heavy atom. The van der Waals surface area contributed by atoms with Crippen molar-refractivity contribution in [2.75, 3.05) is 5.32 Å². The molecule has 0 aliphatic heterocycles. The average Bonchev–Trinajstić information content (AvgIpc) is 3.37. The second kappa shape index (κ2) is 6.64. The Morgan fingerprint density at radius 3 is 2.80 bits per heavy atom. The number of hydrogen-bond donors (Lipinski definition) is 1. The van der Waals surface area contributed by atoms with E-state index in [0.717, 1.165) is 18.4 Å². The van der Waals surface area contributed by atoms with Crippen molar-refractivity contribution in [3.8, 4) is 0 Å². The van der Waals surface area contributed by atoms with Crippen LogP contribution in [0, 0.1) is 0 Å². The predicted molar refractivity (Wildman–Crippen MR) is 92.5 cm³/mol. The van der Waals surface area contributed by atoms with E-state index in [1.54, 1.807) is 6.20 Å². The maximum Gasteiger partial charge on any atom is 0.287 e. The molecule has 0 saturated heterocycles. The first-order chi connectivity index (χ1) is 12.2. The van der Waals surface area contributed by atoms with Crippen molar-refractivity contribution >= 4 is 17.3 Å². The Labute approximate surface area is 148 Å². The second-order valence-electron chi connectivity index (χ2n) is 5.95. The lowest BCUT2D eigenvalue weighted by Crippen LogP contribution is -2.25. The van der Waals surface area contributed by atoms with Gasteiger partial charge in [-0.2, -0.15) is 5.10 Å². The SMILES string of the molecule is O=c1c(Cl)c(NCc2nnnn2C2CC2)cnn1Cc1ccccc1. The fraction of sp³-hybridized carbons (Fsp3) is 0.312. The number of tetrazole rings is 1. The van der Waals surface area contributed by atoms with Gasteiger partial charge in [0.2, 0.25) is 0 Å². The molecule has 1 aliphatic carbocycles. The lowest BCUT2D eigenvalue weighted by Gasteiger charge is -2.10. The van der Waals surface area contributed by atoms with Gasteiger partial charge in [0.15, 0.2) is 5.82 Å². The fourth-order valence-corrected chi connectivity index (χ4v) is 2.78. The summed E-state index contributed by atoms with van der Waals surface area (Å²) >= 11 is 6.23. The van der Waals surface area contributed by atoms with Crippen LogP contribution in [-0.2, 0) is 13.1 Å². The van der Waals surface area contributed by atoms with E-state index in [0.29, 0.717) is 30.6 Å². The quantitative estimate of drug-likeness (QED) is 0.724. The summed E-state index contributed by atoms with van der Waals surface area (Å²) in [6, 6.07) is 10.0. The first kappa shape index (κ1) is 15.8. The van der Waals surface area contributed by atoms with Gasteiger partial charge < -0.3 is 5.32 Å². The van der Waals surface area contributed by atoms with Gasteiger partial charge in [0.05, 0.1) is 31.0 Å². The molecule has 2 heterocycles. The van der Waals surface area contributed by atoms with Crippen LogP contribution >= 0.6 is 11.6 Å². The van der Waals surface area contributed by atoms with Crippen molar-refractivity contribution in [2.45, 2.75) is 32.0 Å². The molecule has 1 aromatic carbocycles. The van der Waals surface area contributed by atoms with E-state index >= 15 is 0 Å². The van der Waals surface area contributed by atoms with Gasteiger partial charge in [0.1, 0.15) is 5.02 Å². The van der Waals surface area contributed by atoms with Crippen molar-refractivity contribution in [2.24, 2.45) is 0 Å². The average molecular weight is 358 g/mol. The third-order valence-corrected chi connectivity index (χ3v) is 4.42. The van der Waals surface area contributed by atoms with Gasteiger partial charge in [-0.1, -0.05) is 41.9 Å². The lowest BCUT2D eigenvalue weighted by molar-refractivity contribution is 0.586. The van der Waals surface area contributed by atoms with Crippen LogP contribution in [0.2, 0.25) is 5.02 Å². The molecule has 0 atom stereocenters. The van der Waals surface area contributed by atoms with Gasteiger partial charge in [-0.15, -0.1) is 5.10 Å². The Morgan fingerprint density at radius 1 is 1.24 bits per heavy atom. The van der Waals surface area contributed by atoms with E-state index < -0.39 is 0 Å². The van der Waals surface area contributed by atoms with Crippen molar-refractivity contribution < 1.29 is 0 Å². The van der Waals surface area contributed by atoms with E-state index in [4.69, 9.17) is 11.6 Å². The maximum absolute atomic E-state index is 12.4. The summed E-state index contributed by atoms with van der Waals surface area (Å²) in [5.41, 5.74) is 1.12. The van der Waals surface area contributed by atoms with Gasteiger partial charge in [0, 0.05) is 0 Å². The van der Waals surface area contributed by atoms with Crippen molar-refractivity contribution in [1.82, 2.24) is 30.0 Å². The van der Waals surface area contributed by atoms with Gasteiger partial charge in [-0.3, -0.25) is 4.79 Å². The third-order valence-electron chi connectivity index (χ3n) is 4.05. The molecule has 0 amide bonds. The highest BCUT2D eigenvalue weighted by Gasteiger charge is 2.27. The van der Waals surface area contributed by atoms with Crippen molar-refractivity contribution in [1.29, 1.82) is 0 Å². The minimum absolute atomic E-state index is 0.108. The van der Waals surface area contributed by atoms with Gasteiger partial charge in [0.25, 0.3) is 5.56 Å². The molecule has 4 rings (SSSR count). The number of nitrogens with one attached hydrogen (secondary N) is 1. The van der Waals surface area contributed by atoms with Gasteiger partial charge in [-0.05, 0) is 28.8 Å². The third kappa shape index (κ3) is 3.39. The molecule has 0 spiro atoms. The number of nitrogens with zero attached hydrogens (tertiary/aromatic N) is 6. The summed E-state index contributed by atoms with van der Waals surface area (Å²) in [5.74, 6) is 0.715. The zero-order valence-corrected chi connectivity index (χ0v) is 14.1. The molecular weight excluding hydrogens is 342 g/mol. The monoisotopic (exact) mass is 357 g/mol. The van der Waals surface area contributed by atoms with E-state index in [2.05, 4.69) is 25.9 Å². The van der Waals surface area contributed by atoms with E-state index in [-0.39, 0.29) is 10.6 Å². The molecule has 1 aliphatic rings. The summed E-state index contributed by atoms with van der Waals surface area (Å²) < 4.78 is 3.15. The topological polar surface area (TPSA) is 90.5 Å². The second-order valence-corrected chi connectivity index (χ2v) is 6.32. The van der Waals surface area contributed by atoms with Crippen LogP contribution in [0.3, 0.4) is 0 Å². The van der Waals surface area contributed by atoms with Crippen LogP contribution in [0.1, 0.15) is 30.3 Å². The van der Waals surface area contributed by atoms with Crippen LogP contribution in [-0.4, -0.2) is 30.0 Å². The molecule has 25 heavy (non-hydrogen) atoms. The van der Waals surface area contributed by atoms with Gasteiger partial charge in [-0.25, -0.2) is 9.36 Å². The standard InChI is InChI=1S/C16H16ClN7O/c17-15-13(18-9-14-20-21-22-24(14)12-6-7-12)8-19-23(16(15)25)10-11-4-2-1-3-5-11/h1-5,8,12,18H,6-7,9-10H2. The summed E-state index contributed by atoms with van der Waals surface area (Å²) in [5, 5.41) is 19.1. The summed E-state index contributed by atoms with van der Waals surface area (Å²) in [4.78, 5) is 12.4. The number of aromatic nitrogens is 6. The Kier molecular flexibility index (Phi) is 4.19. The number of rotatable bonds is 6. The number of anilines is 1. The highest BCUT2D eigenvalue weighted by Crippen LogP contribution is 2.34. The Hall–Kier alpha value is -2.74. The highest BCUT2D eigenvalue weighted by molar-refractivity contribution is 6.32. The van der Waals surface area contributed by atoms with Gasteiger partial charge >= 0.3 is 0 Å². The number of halogens is 1. The fourth-order valence-electron chi connectivity index (χ4n) is 2.56. The molecule has 9 heteroatoms. The normalized spacial score (nSPS) is 13.8. The minimum atomic E-state index is -0.336. The van der Waals surface area contributed by atoms with Crippen LogP contribution in [0.25, 0.3) is 0 Å². The first-order valence-corrected chi connectivity index (χ1v) is 8.40. The molecule has 1 saturated carbocycles. The molecule has 0 radical (unpaired) electrons. The van der Waals surface area contributed by atoms with Crippen LogP contribution < -0.4 is 10.9 Å². The van der Waals surface area contributed by atoms with Crippen molar-refractivity contribution in [3.63, 3.8) is 0 Å². The molecule has 0 bridgehead atoms. The smallest absolute Gasteiger partial charge is 0.287 e. The summed E-state index contributed by atoms with van der Waals surface area (Å²) in [7, 11) is 0. The first-order valence-electron chi connectivity index (χ1n) is 8.02. The maximum atomic E-state index is 12.4. The molecule has 2 aromatic heterocycles. The van der Waals surface area contributed by atoms with E-state index in [9.17, 15) is 4.79 Å². The molecule has 128 valence electrons. The minimum Gasteiger partial charge on any atom is -0.375 e. The molecule has 1 fully saturated rings. The number of benzene rings is 1. The van der Waals surface area contributed by atoms with E-state index in [1.807, 2.05) is 35.0 Å². The van der Waals surface area contributed by atoms with Crippen LogP contribution in [0.5, 0.6) is 0 Å². The summed E-state index contributed by atoms with van der Waals surface area (Å²) in [6.07, 6.45) is 3.74. The molecule has 0 unspecified atom stereocenters. The van der Waals surface area contributed by atoms with Crippen molar-refractivity contribution in [3.05, 3.63) is 63.3 Å². The number of hydrogen-bond acceptors (Lipinski definition) is 6. The lowest BCUT2D eigenvalue weighted by atomic mass is 10.2. The molecular formula is C16H16ClN7O. The highest BCUT2D eigenvalue weighted by atomic mass is 35.5. The predicted octanol–water partition coefficient (Wildman–Crippen LogP) is 1.88. The zero-order chi connectivity index (χ0) is 17.2. The molecule has 3 aromatic rings. The van der Waals surface area contributed by atoms with Crippen LogP contribution in [0.15, 0.2) is 41.3 Å². The molecule has 1 N–H and O–H groups in total. The van der Waals surface area contributed by atoms with E-state index in [1.165, 1.54) is 4.68 Å². The Balaban J connectivity index is 1.50. The zero-order valence-electron chi connectivity index (χ0n) is 13.3.